The van der Waals surface area contributed by atoms with E-state index in [1.165, 1.54) is 17.6 Å². The molecule has 0 N–H and O–H groups in total. The minimum atomic E-state index is 0.184. The maximum atomic E-state index is 13.1. The maximum absolute atomic E-state index is 13.1. The van der Waals surface area contributed by atoms with Crippen LogP contribution in [0, 0.1) is 5.92 Å². The minimum Gasteiger partial charge on any atom is -0.312 e. The fraction of sp³-hybridized carbons (Fsp3) is 0.421. The van der Waals surface area contributed by atoms with Crippen LogP contribution in [-0.4, -0.2) is 12.4 Å². The van der Waals surface area contributed by atoms with Crippen LogP contribution in [0.1, 0.15) is 44.7 Å². The number of nitrogens with zero attached hydrogens (tertiary/aromatic N) is 1. The number of fused-ring (bicyclic) bond motifs is 1. The lowest BCUT2D eigenvalue weighted by atomic mass is 9.78. The second kappa shape index (κ2) is 6.16. The number of benzene rings is 1. The number of rotatable bonds is 3. The van der Waals surface area contributed by atoms with Gasteiger partial charge in [0.15, 0.2) is 0 Å². The molecule has 2 unspecified atom stereocenters. The van der Waals surface area contributed by atoms with Crippen LogP contribution in [0.15, 0.2) is 41.2 Å². The average molecular weight is 293 g/mol. The lowest BCUT2D eigenvalue weighted by molar-refractivity contribution is 0.307. The molecule has 3 heteroatoms. The van der Waals surface area contributed by atoms with Gasteiger partial charge in [-0.1, -0.05) is 62.1 Å². The van der Waals surface area contributed by atoms with Crippen molar-refractivity contribution in [3.8, 4) is 11.1 Å². The van der Waals surface area contributed by atoms with Crippen LogP contribution < -0.4 is 11.0 Å². The van der Waals surface area contributed by atoms with Crippen molar-refractivity contribution in [3.63, 3.8) is 0 Å². The van der Waals surface area contributed by atoms with Gasteiger partial charge in [0, 0.05) is 17.8 Å². The zero-order valence-corrected chi connectivity index (χ0v) is 13.8. The Bertz CT molecular complexity index is 720. The van der Waals surface area contributed by atoms with Gasteiger partial charge in [-0.15, -0.1) is 0 Å². The maximum Gasteiger partial charge on any atom is 0.258 e. The van der Waals surface area contributed by atoms with E-state index >= 15 is 0 Å². The molecule has 2 aromatic rings. The smallest absolute Gasteiger partial charge is 0.258 e. The normalized spacial score (nSPS) is 20.6. The highest BCUT2D eigenvalue weighted by Gasteiger charge is 2.28. The first-order chi connectivity index (χ1) is 10.7. The summed E-state index contributed by atoms with van der Waals surface area (Å²) in [6.45, 7) is 5.35. The highest BCUT2D eigenvalue weighted by molar-refractivity contribution is 6.33. The van der Waals surface area contributed by atoms with Crippen molar-refractivity contribution in [1.82, 2.24) is 4.57 Å². The third kappa shape index (κ3) is 2.53. The quantitative estimate of drug-likeness (QED) is 0.798. The number of aromatic nitrogens is 1. The fourth-order valence-electron chi connectivity index (χ4n) is 3.87. The van der Waals surface area contributed by atoms with E-state index in [-0.39, 0.29) is 5.56 Å². The van der Waals surface area contributed by atoms with Crippen molar-refractivity contribution in [1.29, 1.82) is 0 Å². The van der Waals surface area contributed by atoms with E-state index < -0.39 is 0 Å². The molecule has 2 heterocycles. The zero-order chi connectivity index (χ0) is 15.7. The van der Waals surface area contributed by atoms with Crippen molar-refractivity contribution < 1.29 is 0 Å². The highest BCUT2D eigenvalue weighted by atomic mass is 16.1. The number of hydrogen-bond donors (Lipinski definition) is 0. The molecule has 0 radical (unpaired) electrons. The van der Waals surface area contributed by atoms with Gasteiger partial charge in [-0.3, -0.25) is 4.79 Å². The Morgan fingerprint density at radius 1 is 1.18 bits per heavy atom. The zero-order valence-electron chi connectivity index (χ0n) is 13.8. The molecule has 114 valence electrons. The molecule has 0 amide bonds. The molecule has 0 spiro atoms. The van der Waals surface area contributed by atoms with E-state index in [0.29, 0.717) is 11.8 Å². The summed E-state index contributed by atoms with van der Waals surface area (Å²) >= 11 is 0. The third-order valence-corrected chi connectivity index (χ3v) is 5.13. The van der Waals surface area contributed by atoms with Crippen LogP contribution in [0.2, 0.25) is 0 Å². The Labute approximate surface area is 133 Å². The summed E-state index contributed by atoms with van der Waals surface area (Å²) in [6.07, 6.45) is 3.48. The monoisotopic (exact) mass is 293 g/mol. The molecule has 0 saturated heterocycles. The Kier molecular flexibility index (Phi) is 4.24. The van der Waals surface area contributed by atoms with Gasteiger partial charge >= 0.3 is 0 Å². The molecule has 0 aliphatic carbocycles. The van der Waals surface area contributed by atoms with Gasteiger partial charge < -0.3 is 4.57 Å². The van der Waals surface area contributed by atoms with Gasteiger partial charge in [0.2, 0.25) is 0 Å². The van der Waals surface area contributed by atoms with Gasteiger partial charge in [0.05, 0.1) is 0 Å². The summed E-state index contributed by atoms with van der Waals surface area (Å²) in [6, 6.07) is 12.1. The van der Waals surface area contributed by atoms with Crippen molar-refractivity contribution in [2.75, 3.05) is 0 Å². The fourth-order valence-corrected chi connectivity index (χ4v) is 3.87. The Morgan fingerprint density at radius 3 is 2.55 bits per heavy atom. The first-order valence-electron chi connectivity index (χ1n) is 8.45. The second-order valence-corrected chi connectivity index (χ2v) is 6.52. The van der Waals surface area contributed by atoms with E-state index in [2.05, 4.69) is 32.3 Å². The van der Waals surface area contributed by atoms with Crippen molar-refractivity contribution in [3.05, 3.63) is 52.4 Å². The Balaban J connectivity index is 2.19. The first kappa shape index (κ1) is 15.1. The van der Waals surface area contributed by atoms with Crippen LogP contribution in [0.5, 0.6) is 0 Å². The van der Waals surface area contributed by atoms with E-state index in [1.807, 2.05) is 30.3 Å². The Hall–Kier alpha value is -1.77. The summed E-state index contributed by atoms with van der Waals surface area (Å²) in [5, 5.41) is 0. The standard InChI is InChI=1S/C19H24BNO/c1-3-13-10-14(4-2)18-17(20)11-16(19(22)21(18)12-13)15-8-6-5-7-9-15/h5-9,11,13-14H,3-4,10,12,20H2,1-2H3. The van der Waals surface area contributed by atoms with Gasteiger partial charge in [0.25, 0.3) is 5.56 Å². The molecular formula is C19H24BNO. The summed E-state index contributed by atoms with van der Waals surface area (Å²) in [5.41, 5.74) is 4.59. The molecular weight excluding hydrogens is 269 g/mol. The minimum absolute atomic E-state index is 0.184. The topological polar surface area (TPSA) is 22.0 Å². The molecule has 22 heavy (non-hydrogen) atoms. The van der Waals surface area contributed by atoms with Gasteiger partial charge in [0.1, 0.15) is 7.85 Å². The van der Waals surface area contributed by atoms with E-state index in [1.54, 1.807) is 0 Å². The van der Waals surface area contributed by atoms with Crippen molar-refractivity contribution in [2.45, 2.75) is 45.6 Å². The molecule has 2 nitrogen and oxygen atoms in total. The lowest BCUT2D eigenvalue weighted by Crippen LogP contribution is -2.39. The van der Waals surface area contributed by atoms with Crippen molar-refractivity contribution in [2.24, 2.45) is 5.92 Å². The third-order valence-electron chi connectivity index (χ3n) is 5.13. The number of hydrogen-bond acceptors (Lipinski definition) is 1. The van der Waals surface area contributed by atoms with Gasteiger partial charge in [-0.25, -0.2) is 0 Å². The summed E-state index contributed by atoms with van der Waals surface area (Å²) in [5.74, 6) is 1.15. The van der Waals surface area contributed by atoms with E-state index in [9.17, 15) is 4.79 Å². The average Bonchev–Trinajstić information content (AvgIpc) is 2.57. The van der Waals surface area contributed by atoms with Crippen molar-refractivity contribution >= 4 is 13.3 Å². The molecule has 3 rings (SSSR count). The molecule has 1 aromatic carbocycles. The van der Waals surface area contributed by atoms with Gasteiger partial charge in [-0.2, -0.15) is 0 Å². The van der Waals surface area contributed by atoms with E-state index in [4.69, 9.17) is 0 Å². The highest BCUT2D eigenvalue weighted by Crippen LogP contribution is 2.33. The molecule has 0 bridgehead atoms. The summed E-state index contributed by atoms with van der Waals surface area (Å²) in [7, 11) is 2.16. The molecule has 1 aliphatic rings. The molecule has 1 aromatic heterocycles. The molecule has 2 atom stereocenters. The molecule has 0 fully saturated rings. The van der Waals surface area contributed by atoms with Crippen LogP contribution in [0.25, 0.3) is 11.1 Å². The summed E-state index contributed by atoms with van der Waals surface area (Å²) in [4.78, 5) is 13.1. The molecule has 1 aliphatic heterocycles. The van der Waals surface area contributed by atoms with Gasteiger partial charge in [-0.05, 0) is 30.2 Å². The first-order valence-corrected chi connectivity index (χ1v) is 8.45. The second-order valence-electron chi connectivity index (χ2n) is 6.52. The van der Waals surface area contributed by atoms with Crippen LogP contribution in [0.3, 0.4) is 0 Å². The summed E-state index contributed by atoms with van der Waals surface area (Å²) < 4.78 is 2.07. The Morgan fingerprint density at radius 2 is 1.91 bits per heavy atom. The van der Waals surface area contributed by atoms with Crippen LogP contribution >= 0.6 is 0 Å². The van der Waals surface area contributed by atoms with E-state index in [0.717, 1.165) is 30.5 Å². The van der Waals surface area contributed by atoms with Crippen LogP contribution in [0.4, 0.5) is 0 Å². The molecule has 0 saturated carbocycles. The largest absolute Gasteiger partial charge is 0.312 e. The SMILES string of the molecule is Bc1cc(-c2ccccc2)c(=O)n2c1C(CC)CC(CC)C2. The lowest BCUT2D eigenvalue weighted by Gasteiger charge is -2.34. The van der Waals surface area contributed by atoms with Crippen LogP contribution in [-0.2, 0) is 6.54 Å². The predicted octanol–water partition coefficient (Wildman–Crippen LogP) is 2.70. The predicted molar refractivity (Wildman–Crippen MR) is 95.7 cm³/mol. The number of pyridine rings is 1.